The molecule has 0 aromatic heterocycles. The molecule has 20 heavy (non-hydrogen) atoms. The molecule has 100 valence electrons. The van der Waals surface area contributed by atoms with Crippen LogP contribution in [0.15, 0.2) is 36.4 Å². The lowest BCUT2D eigenvalue weighted by atomic mass is 9.84. The van der Waals surface area contributed by atoms with Crippen LogP contribution in [0.4, 0.5) is 0 Å². The zero-order valence-electron chi connectivity index (χ0n) is 10.8. The van der Waals surface area contributed by atoms with Crippen LogP contribution in [0.1, 0.15) is 37.4 Å². The average molecular weight is 268 g/mol. The van der Waals surface area contributed by atoms with Gasteiger partial charge in [0.2, 0.25) is 0 Å². The highest BCUT2D eigenvalue weighted by molar-refractivity contribution is 6.13. The van der Waals surface area contributed by atoms with Gasteiger partial charge in [-0.1, -0.05) is 12.1 Å². The molecule has 1 aliphatic carbocycles. The summed E-state index contributed by atoms with van der Waals surface area (Å²) in [5, 5.41) is 9.02. The van der Waals surface area contributed by atoms with E-state index >= 15 is 0 Å². The molecule has 0 bridgehead atoms. The molecular weight excluding hydrogens is 256 g/mol. The van der Waals surface area contributed by atoms with E-state index in [4.69, 9.17) is 9.84 Å². The molecule has 0 saturated carbocycles. The molecule has 0 atom stereocenters. The molecule has 3 rings (SSSR count). The number of rotatable bonds is 2. The second-order valence-electron chi connectivity index (χ2n) is 4.71. The molecule has 0 heterocycles. The van der Waals surface area contributed by atoms with Crippen LogP contribution in [0.25, 0.3) is 0 Å². The number of hydrogen-bond acceptors (Lipinski definition) is 3. The molecule has 0 spiro atoms. The van der Waals surface area contributed by atoms with Crippen molar-refractivity contribution in [1.29, 1.82) is 0 Å². The molecule has 2 aromatic carbocycles. The summed E-state index contributed by atoms with van der Waals surface area (Å²) in [6.45, 7) is 0. The Bertz CT molecular complexity index is 731. The number of fused-ring (bicyclic) bond motifs is 2. The highest BCUT2D eigenvalue weighted by Crippen LogP contribution is 2.30. The van der Waals surface area contributed by atoms with Crippen molar-refractivity contribution in [1.82, 2.24) is 0 Å². The lowest BCUT2D eigenvalue weighted by molar-refractivity contribution is 0.0697. The Labute approximate surface area is 115 Å². The van der Waals surface area contributed by atoms with E-state index in [1.165, 1.54) is 12.1 Å². The quantitative estimate of drug-likeness (QED) is 0.775. The van der Waals surface area contributed by atoms with Gasteiger partial charge in [-0.2, -0.15) is 0 Å². The maximum Gasteiger partial charge on any atom is 0.335 e. The van der Waals surface area contributed by atoms with Crippen LogP contribution < -0.4 is 4.74 Å². The average Bonchev–Trinajstić information content (AvgIpc) is 2.47. The fourth-order valence-electron chi connectivity index (χ4n) is 2.47. The molecule has 0 fully saturated rings. The number of carboxylic acids is 1. The van der Waals surface area contributed by atoms with Crippen molar-refractivity contribution in [3.8, 4) is 5.75 Å². The number of carbonyl (C=O) groups excluding carboxylic acids is 1. The van der Waals surface area contributed by atoms with Crippen molar-refractivity contribution in [3.05, 3.63) is 64.2 Å². The van der Waals surface area contributed by atoms with Gasteiger partial charge in [0.15, 0.2) is 5.78 Å². The van der Waals surface area contributed by atoms with Gasteiger partial charge in [0.1, 0.15) is 5.75 Å². The fraction of sp³-hybridized carbons (Fsp3) is 0.125. The Morgan fingerprint density at radius 3 is 2.40 bits per heavy atom. The third-order valence-electron chi connectivity index (χ3n) is 3.54. The highest BCUT2D eigenvalue weighted by Gasteiger charge is 2.24. The predicted octanol–water partition coefficient (Wildman–Crippen LogP) is 2.53. The Balaban J connectivity index is 2.13. The molecule has 4 nitrogen and oxygen atoms in total. The first-order valence-corrected chi connectivity index (χ1v) is 6.18. The van der Waals surface area contributed by atoms with E-state index in [0.29, 0.717) is 23.3 Å². The molecule has 0 saturated heterocycles. The Morgan fingerprint density at radius 2 is 1.75 bits per heavy atom. The van der Waals surface area contributed by atoms with Gasteiger partial charge in [-0.3, -0.25) is 4.79 Å². The summed E-state index contributed by atoms with van der Waals surface area (Å²) in [5.74, 6) is -0.560. The second kappa shape index (κ2) is 4.49. The minimum atomic E-state index is -1.03. The summed E-state index contributed by atoms with van der Waals surface area (Å²) in [4.78, 5) is 23.5. The van der Waals surface area contributed by atoms with E-state index in [2.05, 4.69) is 0 Å². The lowest BCUT2D eigenvalue weighted by Gasteiger charge is -2.19. The third-order valence-corrected chi connectivity index (χ3v) is 3.54. The summed E-state index contributed by atoms with van der Waals surface area (Å²) in [5.41, 5.74) is 2.97. The molecule has 2 aromatic rings. The monoisotopic (exact) mass is 268 g/mol. The topological polar surface area (TPSA) is 63.6 Å². The van der Waals surface area contributed by atoms with Crippen molar-refractivity contribution in [2.75, 3.05) is 7.11 Å². The molecular formula is C16H12O4. The Hall–Kier alpha value is -2.62. The van der Waals surface area contributed by atoms with E-state index < -0.39 is 5.97 Å². The van der Waals surface area contributed by atoms with Crippen LogP contribution in [0.5, 0.6) is 5.75 Å². The number of ketones is 1. The van der Waals surface area contributed by atoms with Crippen LogP contribution in [-0.4, -0.2) is 24.0 Å². The number of methoxy groups -OCH3 is 1. The Kier molecular flexibility index (Phi) is 2.79. The molecule has 4 heteroatoms. The van der Waals surface area contributed by atoms with Gasteiger partial charge in [-0.25, -0.2) is 4.79 Å². The van der Waals surface area contributed by atoms with Gasteiger partial charge in [0, 0.05) is 11.1 Å². The van der Waals surface area contributed by atoms with Crippen LogP contribution >= 0.6 is 0 Å². The van der Waals surface area contributed by atoms with Gasteiger partial charge in [-0.15, -0.1) is 0 Å². The maximum absolute atomic E-state index is 12.5. The number of carbonyl (C=O) groups is 2. The van der Waals surface area contributed by atoms with Gasteiger partial charge in [0.25, 0.3) is 0 Å². The predicted molar refractivity (Wildman–Crippen MR) is 72.6 cm³/mol. The minimum Gasteiger partial charge on any atom is -0.497 e. The largest absolute Gasteiger partial charge is 0.497 e. The number of carboxylic acid groups (broad SMARTS) is 1. The zero-order valence-corrected chi connectivity index (χ0v) is 10.8. The van der Waals surface area contributed by atoms with Crippen LogP contribution in [0, 0.1) is 0 Å². The first kappa shape index (κ1) is 12.4. The number of benzene rings is 2. The number of aromatic carboxylic acids is 1. The second-order valence-corrected chi connectivity index (χ2v) is 4.71. The van der Waals surface area contributed by atoms with Crippen molar-refractivity contribution < 1.29 is 19.4 Å². The number of ether oxygens (including phenoxy) is 1. The van der Waals surface area contributed by atoms with E-state index in [-0.39, 0.29) is 11.3 Å². The summed E-state index contributed by atoms with van der Waals surface area (Å²) in [7, 11) is 1.55. The first-order valence-electron chi connectivity index (χ1n) is 6.18. The van der Waals surface area contributed by atoms with Crippen LogP contribution in [0.3, 0.4) is 0 Å². The summed E-state index contributed by atoms with van der Waals surface area (Å²) >= 11 is 0. The maximum atomic E-state index is 12.5. The minimum absolute atomic E-state index is 0.128. The molecule has 1 N–H and O–H groups in total. The normalized spacial score (nSPS) is 12.6. The fourth-order valence-corrected chi connectivity index (χ4v) is 2.47. The highest BCUT2D eigenvalue weighted by atomic mass is 16.5. The third kappa shape index (κ3) is 1.86. The van der Waals surface area contributed by atoms with Gasteiger partial charge < -0.3 is 9.84 Å². The summed E-state index contributed by atoms with van der Waals surface area (Å²) in [6.07, 6.45) is 0.625. The molecule has 0 aliphatic heterocycles. The Morgan fingerprint density at radius 1 is 1.10 bits per heavy atom. The SMILES string of the molecule is COc1ccc2c(c1)C(=O)c1cc(C(=O)O)ccc1C2. The first-order chi connectivity index (χ1) is 9.60. The van der Waals surface area contributed by atoms with Gasteiger partial charge in [0.05, 0.1) is 12.7 Å². The molecule has 1 aliphatic rings. The molecule has 0 amide bonds. The zero-order chi connectivity index (χ0) is 14.3. The van der Waals surface area contributed by atoms with Crippen molar-refractivity contribution >= 4 is 11.8 Å². The van der Waals surface area contributed by atoms with Crippen molar-refractivity contribution in [3.63, 3.8) is 0 Å². The van der Waals surface area contributed by atoms with Crippen LogP contribution in [-0.2, 0) is 6.42 Å². The van der Waals surface area contributed by atoms with E-state index in [1.54, 1.807) is 19.2 Å². The number of hydrogen-bond donors (Lipinski definition) is 1. The summed E-state index contributed by atoms with van der Waals surface area (Å²) < 4.78 is 5.13. The lowest BCUT2D eigenvalue weighted by Crippen LogP contribution is -2.16. The van der Waals surface area contributed by atoms with Crippen LogP contribution in [0.2, 0.25) is 0 Å². The van der Waals surface area contributed by atoms with E-state index in [0.717, 1.165) is 11.1 Å². The summed E-state index contributed by atoms with van der Waals surface area (Å²) in [6, 6.07) is 10.1. The van der Waals surface area contributed by atoms with Gasteiger partial charge >= 0.3 is 5.97 Å². The van der Waals surface area contributed by atoms with E-state index in [9.17, 15) is 9.59 Å². The smallest absolute Gasteiger partial charge is 0.335 e. The molecule has 0 unspecified atom stereocenters. The van der Waals surface area contributed by atoms with Crippen molar-refractivity contribution in [2.24, 2.45) is 0 Å². The van der Waals surface area contributed by atoms with Crippen molar-refractivity contribution in [2.45, 2.75) is 6.42 Å². The molecule has 0 radical (unpaired) electrons. The van der Waals surface area contributed by atoms with Gasteiger partial charge in [-0.05, 0) is 41.8 Å². The van der Waals surface area contributed by atoms with E-state index in [1.807, 2.05) is 12.1 Å². The standard InChI is InChI=1S/C16H12O4/c1-20-12-5-4-10-6-9-2-3-11(16(18)19)7-13(9)15(17)14(10)8-12/h2-5,7-8H,6H2,1H3,(H,18,19).